The molecule has 5 nitrogen and oxygen atoms in total. The highest BCUT2D eigenvalue weighted by Gasteiger charge is 2.40. The van der Waals surface area contributed by atoms with E-state index in [4.69, 9.17) is 14.2 Å². The van der Waals surface area contributed by atoms with Gasteiger partial charge in [-0.15, -0.1) is 0 Å². The van der Waals surface area contributed by atoms with Crippen LogP contribution in [0.3, 0.4) is 0 Å². The Morgan fingerprint density at radius 2 is 1.91 bits per heavy atom. The van der Waals surface area contributed by atoms with Crippen molar-refractivity contribution in [2.24, 2.45) is 0 Å². The topological polar surface area (TPSA) is 48.0 Å². The molecule has 1 spiro atoms. The second kappa shape index (κ2) is 6.18. The van der Waals surface area contributed by atoms with E-state index >= 15 is 0 Å². The first-order valence-electron chi connectivity index (χ1n) is 7.22. The fourth-order valence-electron chi connectivity index (χ4n) is 2.71. The van der Waals surface area contributed by atoms with Gasteiger partial charge in [-0.3, -0.25) is 4.79 Å². The summed E-state index contributed by atoms with van der Waals surface area (Å²) in [6.07, 6.45) is 1.23. The summed E-state index contributed by atoms with van der Waals surface area (Å²) in [5.74, 6) is -2.42. The number of halogens is 2. The maximum absolute atomic E-state index is 13.4. The molecule has 2 heterocycles. The number of likely N-dealkylation sites (tertiary alicyclic amines) is 1. The molecule has 2 aliphatic heterocycles. The smallest absolute Gasteiger partial charge is 0.260 e. The second-order valence-electron chi connectivity index (χ2n) is 5.35. The van der Waals surface area contributed by atoms with Gasteiger partial charge in [0.1, 0.15) is 5.82 Å². The fourth-order valence-corrected chi connectivity index (χ4v) is 2.71. The van der Waals surface area contributed by atoms with Gasteiger partial charge >= 0.3 is 0 Å². The largest absolute Gasteiger partial charge is 0.481 e. The molecule has 0 radical (unpaired) electrons. The molecular weight excluding hydrogens is 296 g/mol. The molecule has 0 N–H and O–H groups in total. The Labute approximate surface area is 126 Å². The maximum Gasteiger partial charge on any atom is 0.260 e. The molecule has 7 heteroatoms. The average molecular weight is 313 g/mol. The van der Waals surface area contributed by atoms with Crippen molar-refractivity contribution in [3.8, 4) is 5.75 Å². The molecule has 0 unspecified atom stereocenters. The third-order valence-electron chi connectivity index (χ3n) is 3.94. The van der Waals surface area contributed by atoms with Crippen LogP contribution in [0.2, 0.25) is 0 Å². The SMILES string of the molecule is O=C(COc1ccc(F)cc1F)N1CCC2(CC1)OCCO2. The number of nitrogens with zero attached hydrogens (tertiary/aromatic N) is 1. The van der Waals surface area contributed by atoms with Gasteiger partial charge in [0.15, 0.2) is 24.0 Å². The van der Waals surface area contributed by atoms with Crippen LogP contribution in [-0.2, 0) is 14.3 Å². The van der Waals surface area contributed by atoms with E-state index in [-0.39, 0.29) is 18.3 Å². The zero-order valence-electron chi connectivity index (χ0n) is 12.0. The van der Waals surface area contributed by atoms with Gasteiger partial charge in [-0.25, -0.2) is 8.78 Å². The molecule has 0 saturated carbocycles. The number of amides is 1. The van der Waals surface area contributed by atoms with E-state index in [1.165, 1.54) is 6.07 Å². The van der Waals surface area contributed by atoms with Gasteiger partial charge in [-0.1, -0.05) is 0 Å². The first-order chi connectivity index (χ1) is 10.6. The highest BCUT2D eigenvalue weighted by molar-refractivity contribution is 5.77. The van der Waals surface area contributed by atoms with Gasteiger partial charge in [0.2, 0.25) is 0 Å². The van der Waals surface area contributed by atoms with Crippen LogP contribution in [0.4, 0.5) is 8.78 Å². The molecule has 0 bridgehead atoms. The summed E-state index contributed by atoms with van der Waals surface area (Å²) in [5, 5.41) is 0. The van der Waals surface area contributed by atoms with E-state index in [0.29, 0.717) is 39.1 Å². The molecule has 3 rings (SSSR count). The normalized spacial score (nSPS) is 20.4. The van der Waals surface area contributed by atoms with Gasteiger partial charge in [0.25, 0.3) is 5.91 Å². The number of carbonyl (C=O) groups is 1. The van der Waals surface area contributed by atoms with Gasteiger partial charge in [-0.2, -0.15) is 0 Å². The van der Waals surface area contributed by atoms with Crippen LogP contribution >= 0.6 is 0 Å². The molecule has 2 saturated heterocycles. The van der Waals surface area contributed by atoms with Crippen molar-refractivity contribution in [3.05, 3.63) is 29.8 Å². The highest BCUT2D eigenvalue weighted by Crippen LogP contribution is 2.31. The molecular formula is C15H17F2NO4. The second-order valence-corrected chi connectivity index (χ2v) is 5.35. The number of benzene rings is 1. The Kier molecular flexibility index (Phi) is 4.26. The summed E-state index contributed by atoms with van der Waals surface area (Å²) in [7, 11) is 0. The maximum atomic E-state index is 13.4. The lowest BCUT2D eigenvalue weighted by molar-refractivity contribution is -0.187. The van der Waals surface area contributed by atoms with Crippen LogP contribution < -0.4 is 4.74 Å². The van der Waals surface area contributed by atoms with E-state index in [9.17, 15) is 13.6 Å². The average Bonchev–Trinajstić information content (AvgIpc) is 2.95. The number of piperidine rings is 1. The van der Waals surface area contributed by atoms with Crippen molar-refractivity contribution in [2.45, 2.75) is 18.6 Å². The fraction of sp³-hybridized carbons (Fsp3) is 0.533. The van der Waals surface area contributed by atoms with Gasteiger partial charge < -0.3 is 19.1 Å². The minimum Gasteiger partial charge on any atom is -0.481 e. The lowest BCUT2D eigenvalue weighted by atomic mass is 10.0. The summed E-state index contributed by atoms with van der Waals surface area (Å²) >= 11 is 0. The lowest BCUT2D eigenvalue weighted by Crippen LogP contribution is -2.48. The summed E-state index contributed by atoms with van der Waals surface area (Å²) in [5.41, 5.74) is 0. The Bertz CT molecular complexity index is 550. The number of hydrogen-bond donors (Lipinski definition) is 0. The predicted octanol–water partition coefficient (Wildman–Crippen LogP) is 1.71. The molecule has 22 heavy (non-hydrogen) atoms. The number of hydrogen-bond acceptors (Lipinski definition) is 4. The van der Waals surface area contributed by atoms with Crippen molar-refractivity contribution in [1.82, 2.24) is 4.90 Å². The van der Waals surface area contributed by atoms with Crippen molar-refractivity contribution < 1.29 is 27.8 Å². The summed E-state index contributed by atoms with van der Waals surface area (Å²) in [6, 6.07) is 2.98. The minimum absolute atomic E-state index is 0.134. The molecule has 2 aliphatic rings. The van der Waals surface area contributed by atoms with Crippen LogP contribution in [0.5, 0.6) is 5.75 Å². The summed E-state index contributed by atoms with van der Waals surface area (Å²) in [4.78, 5) is 13.7. The Hall–Kier alpha value is -1.73. The third kappa shape index (κ3) is 3.20. The van der Waals surface area contributed by atoms with Crippen molar-refractivity contribution in [2.75, 3.05) is 32.9 Å². The monoisotopic (exact) mass is 313 g/mol. The van der Waals surface area contributed by atoms with Crippen molar-refractivity contribution in [1.29, 1.82) is 0 Å². The molecule has 1 aromatic rings. The molecule has 1 aromatic carbocycles. The van der Waals surface area contributed by atoms with E-state index in [2.05, 4.69) is 0 Å². The first-order valence-corrected chi connectivity index (χ1v) is 7.22. The lowest BCUT2D eigenvalue weighted by Gasteiger charge is -2.37. The third-order valence-corrected chi connectivity index (χ3v) is 3.94. The number of ether oxygens (including phenoxy) is 3. The summed E-state index contributed by atoms with van der Waals surface area (Å²) in [6.45, 7) is 1.90. The van der Waals surface area contributed by atoms with E-state index in [1.54, 1.807) is 4.90 Å². The first kappa shape index (κ1) is 15.2. The van der Waals surface area contributed by atoms with Crippen LogP contribution in [0, 0.1) is 11.6 Å². The molecule has 120 valence electrons. The minimum atomic E-state index is -0.821. The molecule has 0 aromatic heterocycles. The van der Waals surface area contributed by atoms with Gasteiger partial charge in [0.05, 0.1) is 13.2 Å². The zero-order valence-corrected chi connectivity index (χ0v) is 12.0. The van der Waals surface area contributed by atoms with Gasteiger partial charge in [0, 0.05) is 32.0 Å². The van der Waals surface area contributed by atoms with E-state index in [1.807, 2.05) is 0 Å². The van der Waals surface area contributed by atoms with Crippen LogP contribution in [-0.4, -0.2) is 49.5 Å². The molecule has 1 amide bonds. The molecule has 0 atom stereocenters. The Morgan fingerprint density at radius 3 is 2.55 bits per heavy atom. The number of carbonyl (C=O) groups excluding carboxylic acids is 1. The number of rotatable bonds is 3. The van der Waals surface area contributed by atoms with Crippen LogP contribution in [0.1, 0.15) is 12.8 Å². The van der Waals surface area contributed by atoms with Crippen LogP contribution in [0.15, 0.2) is 18.2 Å². The van der Waals surface area contributed by atoms with Crippen LogP contribution in [0.25, 0.3) is 0 Å². The highest BCUT2D eigenvalue weighted by atomic mass is 19.1. The molecule has 0 aliphatic carbocycles. The summed E-state index contributed by atoms with van der Waals surface area (Å²) < 4.78 is 42.5. The van der Waals surface area contributed by atoms with Gasteiger partial charge in [-0.05, 0) is 12.1 Å². The van der Waals surface area contributed by atoms with Crippen molar-refractivity contribution >= 4 is 5.91 Å². The zero-order chi connectivity index (χ0) is 15.6. The quantitative estimate of drug-likeness (QED) is 0.852. The Morgan fingerprint density at radius 1 is 1.23 bits per heavy atom. The standard InChI is InChI=1S/C15H17F2NO4/c16-11-1-2-13(12(17)9-11)20-10-14(19)18-5-3-15(4-6-18)21-7-8-22-15/h1-2,9H,3-8,10H2. The van der Waals surface area contributed by atoms with E-state index < -0.39 is 17.4 Å². The van der Waals surface area contributed by atoms with E-state index in [0.717, 1.165) is 12.1 Å². The van der Waals surface area contributed by atoms with Crippen molar-refractivity contribution in [3.63, 3.8) is 0 Å². The Balaban J connectivity index is 1.50. The molecule has 2 fully saturated rings. The predicted molar refractivity (Wildman–Crippen MR) is 72.3 cm³/mol.